The Bertz CT molecular complexity index is 746. The predicted molar refractivity (Wildman–Crippen MR) is 79.9 cm³/mol. The molecule has 5 nitrogen and oxygen atoms in total. The molecule has 0 aromatic heterocycles. The largest absolute Gasteiger partial charge is 0.458 e. The molecule has 1 aliphatic carbocycles. The minimum atomic E-state index is -0.766. The van der Waals surface area contributed by atoms with Crippen molar-refractivity contribution in [3.05, 3.63) is 58.9 Å². The van der Waals surface area contributed by atoms with Gasteiger partial charge in [-0.1, -0.05) is 24.3 Å². The average molecular weight is 312 g/mol. The molecule has 0 radical (unpaired) electrons. The number of benzene rings is 1. The molecule has 2 heterocycles. The van der Waals surface area contributed by atoms with Crippen molar-refractivity contribution in [2.45, 2.75) is 32.2 Å². The van der Waals surface area contributed by atoms with Gasteiger partial charge in [-0.25, -0.2) is 9.59 Å². The van der Waals surface area contributed by atoms with E-state index in [0.717, 1.165) is 18.4 Å². The number of carbonyl (C=O) groups excluding carboxylic acids is 2. The lowest BCUT2D eigenvalue weighted by molar-refractivity contribution is -0.152. The Morgan fingerprint density at radius 3 is 2.78 bits per heavy atom. The van der Waals surface area contributed by atoms with Crippen LogP contribution in [0.2, 0.25) is 0 Å². The van der Waals surface area contributed by atoms with Crippen LogP contribution in [0.4, 0.5) is 0 Å². The van der Waals surface area contributed by atoms with Crippen LogP contribution in [0.3, 0.4) is 0 Å². The molecule has 3 aliphatic rings. The third-order valence-electron chi connectivity index (χ3n) is 4.58. The first-order valence-electron chi connectivity index (χ1n) is 7.67. The number of cyclic esters (lactones) is 1. The second-order valence-electron chi connectivity index (χ2n) is 6.00. The standard InChI is InChI=1S/C18H16O5/c1-10-8-15(22-17(10)19)21-9-14-13-7-6-11-4-2-3-5-12(11)16(13)23-18(14)20/h2-5,8-9,13,15-16H,6-7H2,1H3/b14-9+/t13?,15-,16?/m1/s1. The molecule has 1 aromatic rings. The Labute approximate surface area is 133 Å². The van der Waals surface area contributed by atoms with E-state index in [0.29, 0.717) is 11.1 Å². The minimum absolute atomic E-state index is 0.0143. The third-order valence-corrected chi connectivity index (χ3v) is 4.58. The topological polar surface area (TPSA) is 61.8 Å². The molecule has 0 amide bonds. The van der Waals surface area contributed by atoms with Gasteiger partial charge in [0.05, 0.1) is 11.8 Å². The number of rotatable bonds is 2. The van der Waals surface area contributed by atoms with Crippen LogP contribution in [0.15, 0.2) is 47.7 Å². The first-order chi connectivity index (χ1) is 11.1. The summed E-state index contributed by atoms with van der Waals surface area (Å²) >= 11 is 0. The molecule has 2 unspecified atom stereocenters. The van der Waals surface area contributed by atoms with E-state index in [9.17, 15) is 9.59 Å². The fourth-order valence-corrected chi connectivity index (χ4v) is 3.37. The molecule has 0 spiro atoms. The lowest BCUT2D eigenvalue weighted by atomic mass is 9.79. The Morgan fingerprint density at radius 1 is 1.17 bits per heavy atom. The molecule has 23 heavy (non-hydrogen) atoms. The second-order valence-corrected chi connectivity index (χ2v) is 6.00. The van der Waals surface area contributed by atoms with E-state index in [1.165, 1.54) is 11.8 Å². The van der Waals surface area contributed by atoms with E-state index >= 15 is 0 Å². The van der Waals surface area contributed by atoms with E-state index in [4.69, 9.17) is 14.2 Å². The van der Waals surface area contributed by atoms with Gasteiger partial charge < -0.3 is 14.2 Å². The van der Waals surface area contributed by atoms with Crippen LogP contribution in [0.5, 0.6) is 0 Å². The van der Waals surface area contributed by atoms with E-state index in [-0.39, 0.29) is 18.0 Å². The highest BCUT2D eigenvalue weighted by Crippen LogP contribution is 2.46. The normalized spacial score (nSPS) is 30.4. The van der Waals surface area contributed by atoms with Crippen LogP contribution in [-0.2, 0) is 30.2 Å². The van der Waals surface area contributed by atoms with Crippen molar-refractivity contribution in [1.29, 1.82) is 0 Å². The molecule has 3 atom stereocenters. The molecule has 4 rings (SSSR count). The highest BCUT2D eigenvalue weighted by molar-refractivity contribution is 5.92. The lowest BCUT2D eigenvalue weighted by Gasteiger charge is -2.26. The number of fused-ring (bicyclic) bond motifs is 3. The van der Waals surface area contributed by atoms with Crippen LogP contribution < -0.4 is 0 Å². The summed E-state index contributed by atoms with van der Waals surface area (Å²) in [6.45, 7) is 1.66. The first kappa shape index (κ1) is 14.1. The summed E-state index contributed by atoms with van der Waals surface area (Å²) in [4.78, 5) is 23.5. The van der Waals surface area contributed by atoms with Crippen molar-refractivity contribution in [3.8, 4) is 0 Å². The molecule has 0 saturated carbocycles. The smallest absolute Gasteiger partial charge is 0.338 e. The third kappa shape index (κ3) is 2.32. The number of esters is 2. The van der Waals surface area contributed by atoms with Crippen molar-refractivity contribution < 1.29 is 23.8 Å². The quantitative estimate of drug-likeness (QED) is 0.477. The molecule has 5 heteroatoms. The number of carbonyl (C=O) groups is 2. The summed E-state index contributed by atoms with van der Waals surface area (Å²) in [6.07, 6.45) is 3.72. The monoisotopic (exact) mass is 312 g/mol. The molecule has 118 valence electrons. The summed E-state index contributed by atoms with van der Waals surface area (Å²) in [5.41, 5.74) is 3.32. The van der Waals surface area contributed by atoms with Gasteiger partial charge >= 0.3 is 11.9 Å². The van der Waals surface area contributed by atoms with Gasteiger partial charge in [0.1, 0.15) is 6.10 Å². The predicted octanol–water partition coefficient (Wildman–Crippen LogP) is 2.58. The minimum Gasteiger partial charge on any atom is -0.458 e. The summed E-state index contributed by atoms with van der Waals surface area (Å²) in [7, 11) is 0. The van der Waals surface area contributed by atoms with Crippen molar-refractivity contribution in [3.63, 3.8) is 0 Å². The summed E-state index contributed by atoms with van der Waals surface area (Å²) in [6, 6.07) is 8.04. The van der Waals surface area contributed by atoms with E-state index in [1.807, 2.05) is 18.2 Å². The van der Waals surface area contributed by atoms with Crippen LogP contribution in [0, 0.1) is 5.92 Å². The number of hydrogen-bond donors (Lipinski definition) is 0. The summed E-state index contributed by atoms with van der Waals surface area (Å²) < 4.78 is 16.0. The van der Waals surface area contributed by atoms with E-state index < -0.39 is 12.3 Å². The van der Waals surface area contributed by atoms with Gasteiger partial charge in [0.2, 0.25) is 0 Å². The Morgan fingerprint density at radius 2 is 2.00 bits per heavy atom. The van der Waals surface area contributed by atoms with Crippen molar-refractivity contribution >= 4 is 11.9 Å². The zero-order valence-electron chi connectivity index (χ0n) is 12.7. The van der Waals surface area contributed by atoms with Gasteiger partial charge in [-0.15, -0.1) is 0 Å². The highest BCUT2D eigenvalue weighted by atomic mass is 16.7. The Balaban J connectivity index is 1.56. The van der Waals surface area contributed by atoms with Crippen LogP contribution in [0.25, 0.3) is 0 Å². The average Bonchev–Trinajstić information content (AvgIpc) is 3.04. The fraction of sp³-hybridized carbons (Fsp3) is 0.333. The molecule has 1 aromatic carbocycles. The molecular weight excluding hydrogens is 296 g/mol. The summed E-state index contributed by atoms with van der Waals surface area (Å²) in [5.74, 6) is -0.770. The van der Waals surface area contributed by atoms with Crippen molar-refractivity contribution in [2.24, 2.45) is 5.92 Å². The summed E-state index contributed by atoms with van der Waals surface area (Å²) in [5, 5.41) is 0. The second kappa shape index (κ2) is 5.26. The van der Waals surface area contributed by atoms with E-state index in [2.05, 4.69) is 6.07 Å². The van der Waals surface area contributed by atoms with Gasteiger partial charge in [-0.3, -0.25) is 0 Å². The molecule has 0 bridgehead atoms. The van der Waals surface area contributed by atoms with Gasteiger partial charge in [-0.05, 0) is 30.9 Å². The van der Waals surface area contributed by atoms with Gasteiger partial charge in [0.15, 0.2) is 0 Å². The maximum absolute atomic E-state index is 12.2. The fourth-order valence-electron chi connectivity index (χ4n) is 3.37. The maximum atomic E-state index is 12.2. The first-order valence-corrected chi connectivity index (χ1v) is 7.67. The highest BCUT2D eigenvalue weighted by Gasteiger charge is 2.44. The lowest BCUT2D eigenvalue weighted by Crippen LogP contribution is -2.18. The molecule has 0 N–H and O–H groups in total. The van der Waals surface area contributed by atoms with E-state index in [1.54, 1.807) is 13.0 Å². The van der Waals surface area contributed by atoms with Gasteiger partial charge in [-0.2, -0.15) is 0 Å². The molecule has 2 aliphatic heterocycles. The van der Waals surface area contributed by atoms with Crippen molar-refractivity contribution in [2.75, 3.05) is 0 Å². The zero-order valence-corrected chi connectivity index (χ0v) is 12.7. The van der Waals surface area contributed by atoms with Crippen molar-refractivity contribution in [1.82, 2.24) is 0 Å². The Kier molecular flexibility index (Phi) is 3.22. The number of aryl methyl sites for hydroxylation is 1. The molecule has 1 saturated heterocycles. The van der Waals surface area contributed by atoms with Crippen LogP contribution >= 0.6 is 0 Å². The SMILES string of the molecule is CC1=C[C@H](O/C=C2/C(=O)OC3c4ccccc4CCC23)OC1=O. The maximum Gasteiger partial charge on any atom is 0.338 e. The number of hydrogen-bond acceptors (Lipinski definition) is 5. The van der Waals surface area contributed by atoms with Gasteiger partial charge in [0, 0.05) is 17.6 Å². The zero-order chi connectivity index (χ0) is 16.0. The van der Waals surface area contributed by atoms with Gasteiger partial charge in [0.25, 0.3) is 6.29 Å². The van der Waals surface area contributed by atoms with Crippen LogP contribution in [-0.4, -0.2) is 18.2 Å². The molecule has 1 fully saturated rings. The Hall–Kier alpha value is -2.56. The van der Waals surface area contributed by atoms with Crippen LogP contribution in [0.1, 0.15) is 30.6 Å². The molecular formula is C18H16O5. The number of ether oxygens (including phenoxy) is 3.